The van der Waals surface area contributed by atoms with E-state index < -0.39 is 0 Å². The third-order valence-corrected chi connectivity index (χ3v) is 5.58. The van der Waals surface area contributed by atoms with Crippen LogP contribution in [0.4, 0.5) is 0 Å². The first-order valence-corrected chi connectivity index (χ1v) is 9.76. The molecule has 4 rings (SSSR count). The Morgan fingerprint density at radius 2 is 1.88 bits per heavy atom. The first-order valence-electron chi connectivity index (χ1n) is 8.99. The molecule has 6 heteroatoms. The Morgan fingerprint density at radius 3 is 2.77 bits per heavy atom. The normalized spacial score (nSPS) is 16.1. The van der Waals surface area contributed by atoms with Crippen LogP contribution >= 0.6 is 11.5 Å². The highest BCUT2D eigenvalue weighted by Gasteiger charge is 2.19. The third kappa shape index (κ3) is 3.76. The number of fused-ring (bicyclic) bond motifs is 2. The SMILES string of the molecule is O=c1c2ccccc2sn1CCCCNCC1COc2ccccc2O1. The summed E-state index contributed by atoms with van der Waals surface area (Å²) in [4.78, 5) is 12.3. The summed E-state index contributed by atoms with van der Waals surface area (Å²) in [6.07, 6.45) is 2.03. The molecule has 1 unspecified atom stereocenters. The van der Waals surface area contributed by atoms with Crippen molar-refractivity contribution in [1.82, 2.24) is 9.27 Å². The minimum atomic E-state index is 0.0371. The lowest BCUT2D eigenvalue weighted by Crippen LogP contribution is -2.38. The standard InChI is InChI=1S/C20H22N2O3S/c23-20-16-7-1-4-10-19(16)26-22(20)12-6-5-11-21-13-15-14-24-17-8-2-3-9-18(17)25-15/h1-4,7-10,15,21H,5-6,11-14H2. The van der Waals surface area contributed by atoms with E-state index in [0.29, 0.717) is 6.61 Å². The van der Waals surface area contributed by atoms with Gasteiger partial charge in [-0.2, -0.15) is 0 Å². The number of unbranched alkanes of at least 4 members (excludes halogenated alkanes) is 1. The molecular weight excluding hydrogens is 348 g/mol. The molecule has 0 spiro atoms. The Balaban J connectivity index is 1.18. The third-order valence-electron chi connectivity index (χ3n) is 4.46. The molecule has 1 aliphatic heterocycles. The van der Waals surface area contributed by atoms with Crippen molar-refractivity contribution in [3.8, 4) is 11.5 Å². The number of hydrogen-bond donors (Lipinski definition) is 1. The molecule has 3 aromatic rings. The minimum absolute atomic E-state index is 0.0371. The van der Waals surface area contributed by atoms with E-state index >= 15 is 0 Å². The molecule has 2 aromatic carbocycles. The molecule has 1 aromatic heterocycles. The second-order valence-electron chi connectivity index (χ2n) is 6.40. The number of rotatable bonds is 7. The van der Waals surface area contributed by atoms with Crippen LogP contribution in [-0.4, -0.2) is 29.8 Å². The summed E-state index contributed by atoms with van der Waals surface area (Å²) in [6, 6.07) is 15.6. The summed E-state index contributed by atoms with van der Waals surface area (Å²) in [7, 11) is 0. The van der Waals surface area contributed by atoms with E-state index in [4.69, 9.17) is 9.47 Å². The molecule has 0 aliphatic carbocycles. The van der Waals surface area contributed by atoms with Gasteiger partial charge in [0.1, 0.15) is 12.7 Å². The van der Waals surface area contributed by atoms with E-state index in [9.17, 15) is 4.79 Å². The van der Waals surface area contributed by atoms with E-state index in [-0.39, 0.29) is 11.7 Å². The molecule has 136 valence electrons. The summed E-state index contributed by atoms with van der Waals surface area (Å²) in [6.45, 7) is 3.01. The van der Waals surface area contributed by atoms with Crippen molar-refractivity contribution in [1.29, 1.82) is 0 Å². The van der Waals surface area contributed by atoms with Gasteiger partial charge < -0.3 is 14.8 Å². The van der Waals surface area contributed by atoms with Gasteiger partial charge >= 0.3 is 0 Å². The monoisotopic (exact) mass is 370 g/mol. The van der Waals surface area contributed by atoms with E-state index in [1.165, 1.54) is 0 Å². The molecule has 26 heavy (non-hydrogen) atoms. The summed E-state index contributed by atoms with van der Waals surface area (Å²) in [5.41, 5.74) is 0.130. The average Bonchev–Trinajstić information content (AvgIpc) is 3.00. The van der Waals surface area contributed by atoms with Crippen molar-refractivity contribution < 1.29 is 9.47 Å². The number of aryl methyl sites for hydroxylation is 1. The van der Waals surface area contributed by atoms with Gasteiger partial charge in [-0.1, -0.05) is 35.8 Å². The van der Waals surface area contributed by atoms with Crippen molar-refractivity contribution in [3.05, 3.63) is 58.9 Å². The van der Waals surface area contributed by atoms with Gasteiger partial charge in [0.25, 0.3) is 5.56 Å². The Kier molecular flexibility index (Phi) is 5.22. The first-order chi connectivity index (χ1) is 12.8. The van der Waals surface area contributed by atoms with Gasteiger partial charge in [0.2, 0.25) is 0 Å². The van der Waals surface area contributed by atoms with Gasteiger partial charge in [-0.25, -0.2) is 0 Å². The van der Waals surface area contributed by atoms with Gasteiger partial charge in [0.05, 0.1) is 10.1 Å². The van der Waals surface area contributed by atoms with Crippen LogP contribution in [0.3, 0.4) is 0 Å². The number of nitrogens with zero attached hydrogens (tertiary/aromatic N) is 1. The number of ether oxygens (including phenoxy) is 2. The minimum Gasteiger partial charge on any atom is -0.486 e. The number of benzene rings is 2. The lowest BCUT2D eigenvalue weighted by Gasteiger charge is -2.26. The fourth-order valence-corrected chi connectivity index (χ4v) is 4.13. The maximum absolute atomic E-state index is 12.3. The van der Waals surface area contributed by atoms with Crippen LogP contribution in [0.15, 0.2) is 53.3 Å². The number of para-hydroxylation sites is 2. The number of nitrogens with one attached hydrogen (secondary N) is 1. The van der Waals surface area contributed by atoms with E-state index in [0.717, 1.165) is 54.1 Å². The zero-order chi connectivity index (χ0) is 17.8. The summed E-state index contributed by atoms with van der Waals surface area (Å²) < 4.78 is 14.6. The van der Waals surface area contributed by atoms with E-state index in [2.05, 4.69) is 5.32 Å². The van der Waals surface area contributed by atoms with Crippen LogP contribution in [0.2, 0.25) is 0 Å². The molecule has 2 heterocycles. The Morgan fingerprint density at radius 1 is 1.08 bits per heavy atom. The van der Waals surface area contributed by atoms with Gasteiger partial charge in [0.15, 0.2) is 11.5 Å². The predicted octanol–water partition coefficient (Wildman–Crippen LogP) is 3.27. The summed E-state index contributed by atoms with van der Waals surface area (Å²) in [5, 5.41) is 4.25. The Hall–Kier alpha value is -2.31. The maximum atomic E-state index is 12.3. The molecule has 0 saturated carbocycles. The highest BCUT2D eigenvalue weighted by atomic mass is 32.1. The Bertz CT molecular complexity index is 934. The second kappa shape index (κ2) is 7.93. The van der Waals surface area contributed by atoms with Crippen molar-refractivity contribution in [3.63, 3.8) is 0 Å². The second-order valence-corrected chi connectivity index (χ2v) is 7.47. The smallest absolute Gasteiger partial charge is 0.268 e. The van der Waals surface area contributed by atoms with Gasteiger partial charge in [-0.05, 0) is 43.7 Å². The highest BCUT2D eigenvalue weighted by molar-refractivity contribution is 7.13. The fraction of sp³-hybridized carbons (Fsp3) is 0.350. The van der Waals surface area contributed by atoms with Crippen molar-refractivity contribution in [2.24, 2.45) is 0 Å². The molecule has 0 radical (unpaired) electrons. The molecule has 0 amide bonds. The van der Waals surface area contributed by atoms with E-state index in [1.807, 2.05) is 52.5 Å². The number of hydrogen-bond acceptors (Lipinski definition) is 5. The summed E-state index contributed by atoms with van der Waals surface area (Å²) >= 11 is 1.55. The Labute approximate surface area is 156 Å². The molecular formula is C20H22N2O3S. The fourth-order valence-electron chi connectivity index (χ4n) is 3.10. The van der Waals surface area contributed by atoms with Crippen molar-refractivity contribution in [2.75, 3.05) is 19.7 Å². The van der Waals surface area contributed by atoms with Gasteiger partial charge in [-0.3, -0.25) is 8.75 Å². The lowest BCUT2D eigenvalue weighted by atomic mass is 10.2. The molecule has 1 aliphatic rings. The number of aromatic nitrogens is 1. The highest BCUT2D eigenvalue weighted by Crippen LogP contribution is 2.30. The summed E-state index contributed by atoms with van der Waals surface area (Å²) in [5.74, 6) is 1.63. The quantitative estimate of drug-likeness (QED) is 0.649. The molecule has 0 bridgehead atoms. The first kappa shape index (κ1) is 17.1. The molecule has 1 atom stereocenters. The van der Waals surface area contributed by atoms with Crippen LogP contribution in [0.1, 0.15) is 12.8 Å². The van der Waals surface area contributed by atoms with Gasteiger partial charge in [-0.15, -0.1) is 0 Å². The molecule has 0 saturated heterocycles. The van der Waals surface area contributed by atoms with Crippen LogP contribution < -0.4 is 20.3 Å². The lowest BCUT2D eigenvalue weighted by molar-refractivity contribution is 0.0905. The van der Waals surface area contributed by atoms with Crippen LogP contribution in [-0.2, 0) is 6.54 Å². The van der Waals surface area contributed by atoms with Crippen LogP contribution in [0.5, 0.6) is 11.5 Å². The van der Waals surface area contributed by atoms with E-state index in [1.54, 1.807) is 11.5 Å². The molecule has 5 nitrogen and oxygen atoms in total. The largest absolute Gasteiger partial charge is 0.486 e. The van der Waals surface area contributed by atoms with Crippen LogP contribution in [0, 0.1) is 0 Å². The van der Waals surface area contributed by atoms with Crippen LogP contribution in [0.25, 0.3) is 10.1 Å². The topological polar surface area (TPSA) is 52.5 Å². The predicted molar refractivity (Wildman–Crippen MR) is 105 cm³/mol. The van der Waals surface area contributed by atoms with Crippen molar-refractivity contribution in [2.45, 2.75) is 25.5 Å². The zero-order valence-corrected chi connectivity index (χ0v) is 15.3. The molecule has 0 fully saturated rings. The zero-order valence-electron chi connectivity index (χ0n) is 14.5. The maximum Gasteiger partial charge on any atom is 0.268 e. The van der Waals surface area contributed by atoms with Crippen molar-refractivity contribution >= 4 is 21.6 Å². The van der Waals surface area contributed by atoms with Gasteiger partial charge in [0, 0.05) is 13.1 Å². The average molecular weight is 370 g/mol. The molecule has 1 N–H and O–H groups in total.